The summed E-state index contributed by atoms with van der Waals surface area (Å²) in [4.78, 5) is 29.2. The molecule has 2 heterocycles. The quantitative estimate of drug-likeness (QED) is 0.769. The number of nitrogens with one attached hydrogen (secondary N) is 1. The zero-order valence-electron chi connectivity index (χ0n) is 11.3. The van der Waals surface area contributed by atoms with Crippen LogP contribution in [0.25, 0.3) is 0 Å². The first-order chi connectivity index (χ1) is 9.18. The molecule has 2 saturated heterocycles. The number of nitrogens with zero attached hydrogens (tertiary/aromatic N) is 2. The molecule has 0 aromatic heterocycles. The van der Waals surface area contributed by atoms with Crippen LogP contribution in [0, 0.1) is 0 Å². The van der Waals surface area contributed by atoms with E-state index in [4.69, 9.17) is 0 Å². The largest absolute Gasteiger partial charge is 0.341 e. The van der Waals surface area contributed by atoms with Gasteiger partial charge in [0, 0.05) is 26.2 Å². The lowest BCUT2D eigenvalue weighted by molar-refractivity contribution is -0.151. The Morgan fingerprint density at radius 2 is 1.74 bits per heavy atom. The van der Waals surface area contributed by atoms with E-state index in [0.29, 0.717) is 6.54 Å². The van der Waals surface area contributed by atoms with E-state index in [1.165, 1.54) is 0 Å². The molecule has 4 fully saturated rings. The predicted molar refractivity (Wildman–Crippen MR) is 69.5 cm³/mol. The Morgan fingerprint density at radius 1 is 1.05 bits per heavy atom. The highest BCUT2D eigenvalue weighted by atomic mass is 16.2. The van der Waals surface area contributed by atoms with Gasteiger partial charge < -0.3 is 15.1 Å². The summed E-state index contributed by atoms with van der Waals surface area (Å²) in [5.74, 6) is 0.403. The molecule has 2 aliphatic heterocycles. The molecule has 2 amide bonds. The van der Waals surface area contributed by atoms with Gasteiger partial charge in [0.15, 0.2) is 0 Å². The van der Waals surface area contributed by atoms with Crippen LogP contribution < -0.4 is 5.32 Å². The van der Waals surface area contributed by atoms with E-state index >= 15 is 0 Å². The maximum atomic E-state index is 12.7. The normalized spacial score (nSPS) is 30.8. The Kier molecular flexibility index (Phi) is 2.29. The van der Waals surface area contributed by atoms with E-state index in [9.17, 15) is 9.59 Å². The van der Waals surface area contributed by atoms with E-state index < -0.39 is 5.54 Å². The number of amides is 2. The molecule has 5 heteroatoms. The van der Waals surface area contributed by atoms with Crippen molar-refractivity contribution >= 4 is 11.8 Å². The molecule has 19 heavy (non-hydrogen) atoms. The van der Waals surface area contributed by atoms with Gasteiger partial charge in [-0.1, -0.05) is 0 Å². The van der Waals surface area contributed by atoms with Gasteiger partial charge >= 0.3 is 0 Å². The molecule has 104 valence electrons. The molecule has 0 aromatic carbocycles. The Hall–Kier alpha value is -1.10. The van der Waals surface area contributed by atoms with Gasteiger partial charge in [0.05, 0.1) is 5.54 Å². The minimum Gasteiger partial charge on any atom is -0.341 e. The smallest absolute Gasteiger partial charge is 0.248 e. The van der Waals surface area contributed by atoms with Gasteiger partial charge in [-0.2, -0.15) is 0 Å². The zero-order valence-corrected chi connectivity index (χ0v) is 11.3. The lowest BCUT2D eigenvalue weighted by Crippen LogP contribution is -2.63. The molecule has 5 nitrogen and oxygen atoms in total. The van der Waals surface area contributed by atoms with E-state index in [2.05, 4.69) is 5.32 Å². The van der Waals surface area contributed by atoms with Crippen molar-refractivity contribution in [2.75, 3.05) is 26.2 Å². The summed E-state index contributed by atoms with van der Waals surface area (Å²) in [5.41, 5.74) is -0.752. The molecule has 2 saturated carbocycles. The van der Waals surface area contributed by atoms with Crippen molar-refractivity contribution in [1.82, 2.24) is 15.1 Å². The monoisotopic (exact) mass is 263 g/mol. The third kappa shape index (κ3) is 1.57. The van der Waals surface area contributed by atoms with Crippen LogP contribution in [0.2, 0.25) is 0 Å². The van der Waals surface area contributed by atoms with Crippen LogP contribution in [-0.2, 0) is 9.59 Å². The van der Waals surface area contributed by atoms with Crippen LogP contribution in [0.15, 0.2) is 0 Å². The van der Waals surface area contributed by atoms with Gasteiger partial charge in [-0.3, -0.25) is 9.59 Å². The maximum absolute atomic E-state index is 12.7. The van der Waals surface area contributed by atoms with Gasteiger partial charge in [0.25, 0.3) is 0 Å². The Bertz CT molecular complexity index is 434. The topological polar surface area (TPSA) is 52.7 Å². The fraction of sp³-hybridized carbons (Fsp3) is 0.857. The lowest BCUT2D eigenvalue weighted by atomic mass is 10.1. The second kappa shape index (κ2) is 3.72. The second-order valence-electron chi connectivity index (χ2n) is 6.50. The third-order valence-corrected chi connectivity index (χ3v) is 5.23. The second-order valence-corrected chi connectivity index (χ2v) is 6.50. The van der Waals surface area contributed by atoms with Crippen molar-refractivity contribution in [1.29, 1.82) is 0 Å². The first-order valence-electron chi connectivity index (χ1n) is 7.55. The molecule has 0 radical (unpaired) electrons. The van der Waals surface area contributed by atoms with Crippen LogP contribution in [0.5, 0.6) is 0 Å². The fourth-order valence-corrected chi connectivity index (χ4v) is 3.70. The maximum Gasteiger partial charge on any atom is 0.248 e. The number of hydrogen-bond acceptors (Lipinski definition) is 3. The summed E-state index contributed by atoms with van der Waals surface area (Å²) in [5, 5.41) is 3.34. The Labute approximate surface area is 113 Å². The summed E-state index contributed by atoms with van der Waals surface area (Å²) in [7, 11) is 0. The molecule has 0 unspecified atom stereocenters. The Morgan fingerprint density at radius 3 is 2.32 bits per heavy atom. The van der Waals surface area contributed by atoms with Crippen molar-refractivity contribution in [3.63, 3.8) is 0 Å². The summed E-state index contributed by atoms with van der Waals surface area (Å²) in [6.07, 6.45) is 5.84. The zero-order chi connectivity index (χ0) is 13.1. The molecule has 1 N–H and O–H groups in total. The van der Waals surface area contributed by atoms with Crippen LogP contribution >= 0.6 is 0 Å². The average Bonchev–Trinajstić information content (AvgIpc) is 3.32. The molecular weight excluding hydrogens is 242 g/mol. The summed E-state index contributed by atoms with van der Waals surface area (Å²) in [6, 6.07) is 0. The average molecular weight is 263 g/mol. The molecule has 2 aliphatic carbocycles. The van der Waals surface area contributed by atoms with Crippen molar-refractivity contribution in [2.24, 2.45) is 0 Å². The van der Waals surface area contributed by atoms with Gasteiger partial charge in [0.2, 0.25) is 11.8 Å². The number of rotatable bonds is 2. The molecule has 4 rings (SSSR count). The summed E-state index contributed by atoms with van der Waals surface area (Å²) in [6.45, 7) is 3.29. The van der Waals surface area contributed by atoms with Gasteiger partial charge in [-0.25, -0.2) is 0 Å². The first kappa shape index (κ1) is 11.7. The first-order valence-corrected chi connectivity index (χ1v) is 7.55. The third-order valence-electron chi connectivity index (χ3n) is 5.23. The van der Waals surface area contributed by atoms with Crippen LogP contribution in [0.1, 0.15) is 38.5 Å². The number of piperazine rings is 1. The minimum absolute atomic E-state index is 0.184. The van der Waals surface area contributed by atoms with Gasteiger partial charge in [0.1, 0.15) is 5.54 Å². The molecule has 0 aromatic rings. The highest BCUT2D eigenvalue weighted by Crippen LogP contribution is 2.48. The van der Waals surface area contributed by atoms with Crippen molar-refractivity contribution in [3.8, 4) is 0 Å². The van der Waals surface area contributed by atoms with Gasteiger partial charge in [-0.05, 0) is 38.5 Å². The standard InChI is InChI=1S/C14H21N3O2/c18-11-13(3-4-13)15-7-10-17(11)14(5-6-14)12(19)16-8-1-2-9-16/h15H,1-10H2. The molecule has 0 bridgehead atoms. The van der Waals surface area contributed by atoms with Crippen molar-refractivity contribution in [3.05, 3.63) is 0 Å². The van der Waals surface area contributed by atoms with Crippen molar-refractivity contribution in [2.45, 2.75) is 49.6 Å². The van der Waals surface area contributed by atoms with E-state index in [-0.39, 0.29) is 17.4 Å². The summed E-state index contributed by atoms with van der Waals surface area (Å²) >= 11 is 0. The number of likely N-dealkylation sites (tertiary alicyclic amines) is 1. The molecular formula is C14H21N3O2. The number of carbonyl (C=O) groups is 2. The Balaban J connectivity index is 1.57. The van der Waals surface area contributed by atoms with Crippen LogP contribution in [-0.4, -0.2) is 58.9 Å². The molecule has 4 aliphatic rings. The summed E-state index contributed by atoms with van der Waals surface area (Å²) < 4.78 is 0. The van der Waals surface area contributed by atoms with Crippen molar-refractivity contribution < 1.29 is 9.59 Å². The lowest BCUT2D eigenvalue weighted by Gasteiger charge is -2.40. The predicted octanol–water partition coefficient (Wildman–Crippen LogP) is 0.106. The van der Waals surface area contributed by atoms with Crippen LogP contribution in [0.4, 0.5) is 0 Å². The number of hydrogen-bond donors (Lipinski definition) is 1. The van der Waals surface area contributed by atoms with Crippen LogP contribution in [0.3, 0.4) is 0 Å². The van der Waals surface area contributed by atoms with E-state index in [1.807, 2.05) is 9.80 Å². The fourth-order valence-electron chi connectivity index (χ4n) is 3.70. The SMILES string of the molecule is O=C1N(C2(C(=O)N3CCCC3)CC2)CCNC12CC2. The molecule has 0 atom stereocenters. The highest BCUT2D eigenvalue weighted by molar-refractivity contribution is 5.98. The van der Waals surface area contributed by atoms with E-state index in [1.54, 1.807) is 0 Å². The number of carbonyl (C=O) groups excluding carboxylic acids is 2. The van der Waals surface area contributed by atoms with Gasteiger partial charge in [-0.15, -0.1) is 0 Å². The van der Waals surface area contributed by atoms with E-state index in [0.717, 1.165) is 58.2 Å². The minimum atomic E-state index is -0.459. The highest BCUT2D eigenvalue weighted by Gasteiger charge is 2.64. The molecule has 1 spiro atoms.